The molecule has 1 amide bonds. The second-order valence-corrected chi connectivity index (χ2v) is 8.10. The van der Waals surface area contributed by atoms with Gasteiger partial charge in [0, 0.05) is 31.6 Å². The first-order valence-corrected chi connectivity index (χ1v) is 10.8. The summed E-state index contributed by atoms with van der Waals surface area (Å²) in [5.41, 5.74) is 10.2. The Kier molecular flexibility index (Phi) is 5.39. The number of imidazole rings is 1. The standard InChI is InChI=1S/C24H25N7O2/c1-30-12-11-18-17(14-30)22(26-13-15-7-4-3-5-8-15)29-23(27-18)31-19-10-6-9-16(21(25)32)20(19)28-24(31)33-2/h3-10H,11-14H2,1-2H3,(H2,25,32)(H,26,27,29). The molecule has 4 aromatic rings. The van der Waals surface area contributed by atoms with E-state index in [9.17, 15) is 4.79 Å². The van der Waals surface area contributed by atoms with Crippen LogP contribution in [0, 0.1) is 0 Å². The summed E-state index contributed by atoms with van der Waals surface area (Å²) in [6.45, 7) is 2.32. The van der Waals surface area contributed by atoms with Crippen LogP contribution in [0.3, 0.4) is 0 Å². The van der Waals surface area contributed by atoms with Crippen molar-refractivity contribution in [1.29, 1.82) is 0 Å². The van der Waals surface area contributed by atoms with Gasteiger partial charge >= 0.3 is 6.01 Å². The number of rotatable bonds is 6. The number of methoxy groups -OCH3 is 1. The van der Waals surface area contributed by atoms with E-state index in [1.807, 2.05) is 24.3 Å². The monoisotopic (exact) mass is 443 g/mol. The minimum atomic E-state index is -0.549. The van der Waals surface area contributed by atoms with E-state index in [4.69, 9.17) is 20.4 Å². The summed E-state index contributed by atoms with van der Waals surface area (Å²) in [5.74, 6) is 0.669. The van der Waals surface area contributed by atoms with Crippen molar-refractivity contribution < 1.29 is 9.53 Å². The van der Waals surface area contributed by atoms with Crippen molar-refractivity contribution in [2.45, 2.75) is 19.5 Å². The zero-order valence-electron chi connectivity index (χ0n) is 18.6. The van der Waals surface area contributed by atoms with Crippen molar-refractivity contribution in [2.24, 2.45) is 5.73 Å². The van der Waals surface area contributed by atoms with Gasteiger partial charge in [-0.1, -0.05) is 36.4 Å². The maximum Gasteiger partial charge on any atom is 0.304 e. The Balaban J connectivity index is 1.65. The summed E-state index contributed by atoms with van der Waals surface area (Å²) in [4.78, 5) is 28.5. The number of aromatic nitrogens is 4. The molecule has 1 aliphatic heterocycles. The molecule has 0 atom stereocenters. The van der Waals surface area contributed by atoms with Crippen LogP contribution in [0.15, 0.2) is 48.5 Å². The SMILES string of the molecule is COc1nc2c(C(N)=O)cccc2n1-c1nc2c(c(NCc3ccccc3)n1)CN(C)CC2. The van der Waals surface area contributed by atoms with E-state index in [2.05, 4.69) is 34.4 Å². The fraction of sp³-hybridized carbons (Fsp3) is 0.250. The molecule has 3 N–H and O–H groups in total. The highest BCUT2D eigenvalue weighted by Crippen LogP contribution is 2.30. The number of ether oxygens (including phenoxy) is 1. The van der Waals surface area contributed by atoms with E-state index < -0.39 is 5.91 Å². The number of hydrogen-bond donors (Lipinski definition) is 2. The van der Waals surface area contributed by atoms with Crippen LogP contribution in [0.25, 0.3) is 17.0 Å². The predicted molar refractivity (Wildman–Crippen MR) is 126 cm³/mol. The molecule has 168 valence electrons. The first-order chi connectivity index (χ1) is 16.0. The lowest BCUT2D eigenvalue weighted by atomic mass is 10.1. The van der Waals surface area contributed by atoms with E-state index >= 15 is 0 Å². The van der Waals surface area contributed by atoms with Crippen molar-refractivity contribution in [3.05, 3.63) is 70.9 Å². The highest BCUT2D eigenvalue weighted by molar-refractivity contribution is 6.04. The van der Waals surface area contributed by atoms with Crippen molar-refractivity contribution in [1.82, 2.24) is 24.4 Å². The predicted octanol–water partition coefficient (Wildman–Crippen LogP) is 2.52. The molecule has 2 aromatic carbocycles. The molecule has 0 spiro atoms. The maximum atomic E-state index is 11.9. The summed E-state index contributed by atoms with van der Waals surface area (Å²) < 4.78 is 7.27. The quantitative estimate of drug-likeness (QED) is 0.471. The van der Waals surface area contributed by atoms with Gasteiger partial charge in [0.1, 0.15) is 11.3 Å². The molecule has 0 saturated carbocycles. The van der Waals surface area contributed by atoms with Gasteiger partial charge in [0.25, 0.3) is 5.91 Å². The topological polar surface area (TPSA) is 111 Å². The molecule has 3 heterocycles. The lowest BCUT2D eigenvalue weighted by Gasteiger charge is -2.26. The molecule has 0 aliphatic carbocycles. The van der Waals surface area contributed by atoms with E-state index in [1.165, 1.54) is 7.11 Å². The molecule has 2 aromatic heterocycles. The summed E-state index contributed by atoms with van der Waals surface area (Å²) in [6, 6.07) is 15.7. The molecule has 0 saturated heterocycles. The molecule has 0 radical (unpaired) electrons. The third-order valence-corrected chi connectivity index (χ3v) is 5.84. The van der Waals surface area contributed by atoms with Gasteiger partial charge in [-0.05, 0) is 24.7 Å². The summed E-state index contributed by atoms with van der Waals surface area (Å²) in [6.07, 6.45) is 0.808. The number of amides is 1. The lowest BCUT2D eigenvalue weighted by molar-refractivity contribution is 0.100. The van der Waals surface area contributed by atoms with Crippen molar-refractivity contribution in [3.8, 4) is 12.0 Å². The van der Waals surface area contributed by atoms with E-state index in [0.717, 1.165) is 42.1 Å². The second-order valence-electron chi connectivity index (χ2n) is 8.10. The first kappa shape index (κ1) is 20.9. The maximum absolute atomic E-state index is 11.9. The summed E-state index contributed by atoms with van der Waals surface area (Å²) >= 11 is 0. The highest BCUT2D eigenvalue weighted by Gasteiger charge is 2.24. The number of benzene rings is 2. The molecule has 0 fully saturated rings. The number of para-hydroxylation sites is 1. The van der Waals surface area contributed by atoms with Crippen molar-refractivity contribution in [2.75, 3.05) is 26.0 Å². The Morgan fingerprint density at radius 2 is 1.94 bits per heavy atom. The normalized spacial score (nSPS) is 13.6. The third-order valence-electron chi connectivity index (χ3n) is 5.84. The molecule has 0 unspecified atom stereocenters. The second kappa shape index (κ2) is 8.51. The Labute approximate surface area is 191 Å². The number of fused-ring (bicyclic) bond motifs is 2. The summed E-state index contributed by atoms with van der Waals surface area (Å²) in [5, 5.41) is 3.50. The number of nitrogens with zero attached hydrogens (tertiary/aromatic N) is 5. The average Bonchev–Trinajstić information content (AvgIpc) is 3.22. The van der Waals surface area contributed by atoms with Crippen LogP contribution in [0.4, 0.5) is 5.82 Å². The number of anilines is 1. The van der Waals surface area contributed by atoms with Crippen molar-refractivity contribution >= 4 is 22.8 Å². The fourth-order valence-electron chi connectivity index (χ4n) is 4.17. The number of nitrogens with two attached hydrogens (primary N) is 1. The van der Waals surface area contributed by atoms with Crippen LogP contribution in [0.2, 0.25) is 0 Å². The smallest absolute Gasteiger partial charge is 0.304 e. The first-order valence-electron chi connectivity index (χ1n) is 10.8. The summed E-state index contributed by atoms with van der Waals surface area (Å²) in [7, 11) is 3.62. The van der Waals surface area contributed by atoms with E-state index in [-0.39, 0.29) is 0 Å². The Hall–Kier alpha value is -3.98. The Bertz CT molecular complexity index is 1330. The van der Waals surface area contributed by atoms with E-state index in [1.54, 1.807) is 16.7 Å². The minimum absolute atomic E-state index is 0.292. The average molecular weight is 444 g/mol. The molecule has 1 aliphatic rings. The molecule has 5 rings (SSSR count). The van der Waals surface area contributed by atoms with Crippen LogP contribution in [0.1, 0.15) is 27.2 Å². The van der Waals surface area contributed by atoms with Gasteiger partial charge < -0.3 is 20.7 Å². The Morgan fingerprint density at radius 1 is 1.12 bits per heavy atom. The van der Waals surface area contributed by atoms with Gasteiger partial charge in [0.05, 0.1) is 23.9 Å². The van der Waals surface area contributed by atoms with Gasteiger partial charge in [-0.25, -0.2) is 9.55 Å². The number of carbonyl (C=O) groups is 1. The van der Waals surface area contributed by atoms with Crippen LogP contribution in [0.5, 0.6) is 6.01 Å². The number of carbonyl (C=O) groups excluding carboxylic acids is 1. The molecule has 33 heavy (non-hydrogen) atoms. The molecule has 0 bridgehead atoms. The van der Waals surface area contributed by atoms with Gasteiger partial charge in [0.15, 0.2) is 0 Å². The number of nitrogens with one attached hydrogen (secondary N) is 1. The molecular weight excluding hydrogens is 418 g/mol. The largest absolute Gasteiger partial charge is 0.468 e. The molecule has 9 heteroatoms. The van der Waals surface area contributed by atoms with Gasteiger partial charge in [-0.15, -0.1) is 0 Å². The van der Waals surface area contributed by atoms with Crippen molar-refractivity contribution in [3.63, 3.8) is 0 Å². The molecule has 9 nitrogen and oxygen atoms in total. The van der Waals surface area contributed by atoms with E-state index in [0.29, 0.717) is 35.1 Å². The number of likely N-dealkylation sites (N-methyl/N-ethyl adjacent to an activating group) is 1. The van der Waals surface area contributed by atoms with Gasteiger partial charge in [-0.2, -0.15) is 9.97 Å². The number of primary amides is 1. The number of hydrogen-bond acceptors (Lipinski definition) is 7. The highest BCUT2D eigenvalue weighted by atomic mass is 16.5. The molecular formula is C24H25N7O2. The lowest BCUT2D eigenvalue weighted by Crippen LogP contribution is -2.29. The van der Waals surface area contributed by atoms with Crippen LogP contribution < -0.4 is 15.8 Å². The van der Waals surface area contributed by atoms with Gasteiger partial charge in [-0.3, -0.25) is 4.79 Å². The van der Waals surface area contributed by atoms with Crippen LogP contribution in [-0.2, 0) is 19.5 Å². The minimum Gasteiger partial charge on any atom is -0.468 e. The fourth-order valence-corrected chi connectivity index (χ4v) is 4.17. The third kappa shape index (κ3) is 3.87. The van der Waals surface area contributed by atoms with Gasteiger partial charge in [0.2, 0.25) is 5.95 Å². The Morgan fingerprint density at radius 3 is 2.70 bits per heavy atom. The zero-order chi connectivity index (χ0) is 22.9. The van der Waals surface area contributed by atoms with Crippen LogP contribution in [-0.4, -0.2) is 51.0 Å². The van der Waals surface area contributed by atoms with Crippen LogP contribution >= 0.6 is 0 Å². The zero-order valence-corrected chi connectivity index (χ0v) is 18.6.